The van der Waals surface area contributed by atoms with Gasteiger partial charge < -0.3 is 10.6 Å². The summed E-state index contributed by atoms with van der Waals surface area (Å²) in [5.41, 5.74) is 2.55. The van der Waals surface area contributed by atoms with Gasteiger partial charge in [0.05, 0.1) is 0 Å². The van der Waals surface area contributed by atoms with Gasteiger partial charge in [0.2, 0.25) is 5.91 Å². The highest BCUT2D eigenvalue weighted by atomic mass is 16.1. The Morgan fingerprint density at radius 2 is 2.00 bits per heavy atom. The molecule has 0 aliphatic carbocycles. The summed E-state index contributed by atoms with van der Waals surface area (Å²) < 4.78 is 0. The molecule has 1 heterocycles. The number of nitrogens with zero attached hydrogens (tertiary/aromatic N) is 1. The lowest BCUT2D eigenvalue weighted by atomic mass is 9.85. The summed E-state index contributed by atoms with van der Waals surface area (Å²) in [6.45, 7) is 12.4. The Balaban J connectivity index is 1.84. The van der Waals surface area contributed by atoms with Crippen LogP contribution in [0.3, 0.4) is 0 Å². The van der Waals surface area contributed by atoms with E-state index in [0.29, 0.717) is 24.8 Å². The van der Waals surface area contributed by atoms with Crippen molar-refractivity contribution < 1.29 is 4.79 Å². The minimum atomic E-state index is 0.177. The van der Waals surface area contributed by atoms with E-state index in [1.165, 1.54) is 24.0 Å². The van der Waals surface area contributed by atoms with E-state index in [0.717, 1.165) is 32.7 Å². The highest BCUT2D eigenvalue weighted by molar-refractivity contribution is 5.76. The summed E-state index contributed by atoms with van der Waals surface area (Å²) in [7, 11) is 0. The van der Waals surface area contributed by atoms with Crippen molar-refractivity contribution >= 4 is 5.91 Å². The summed E-state index contributed by atoms with van der Waals surface area (Å²) in [6.07, 6.45) is 3.11. The average Bonchev–Trinajstić information content (AvgIpc) is 2.65. The quantitative estimate of drug-likeness (QED) is 0.722. The molecule has 1 aromatic rings. The van der Waals surface area contributed by atoms with E-state index in [2.05, 4.69) is 60.6 Å². The Hall–Kier alpha value is -1.39. The molecule has 4 heteroatoms. The fourth-order valence-electron chi connectivity index (χ4n) is 3.66. The van der Waals surface area contributed by atoms with Gasteiger partial charge in [0.25, 0.3) is 0 Å². The second kappa shape index (κ2) is 10.6. The van der Waals surface area contributed by atoms with Gasteiger partial charge in [-0.15, -0.1) is 0 Å². The van der Waals surface area contributed by atoms with E-state index < -0.39 is 0 Å². The van der Waals surface area contributed by atoms with Crippen LogP contribution < -0.4 is 10.6 Å². The second-order valence-electron chi connectivity index (χ2n) is 7.29. The third-order valence-corrected chi connectivity index (χ3v) is 5.53. The van der Waals surface area contributed by atoms with E-state index >= 15 is 0 Å². The van der Waals surface area contributed by atoms with Crippen molar-refractivity contribution in [2.24, 2.45) is 11.8 Å². The number of piperidine rings is 1. The molecule has 1 aliphatic heterocycles. The molecule has 1 aliphatic rings. The molecule has 25 heavy (non-hydrogen) atoms. The van der Waals surface area contributed by atoms with Crippen LogP contribution in [0, 0.1) is 11.8 Å². The maximum atomic E-state index is 12.4. The van der Waals surface area contributed by atoms with E-state index in [4.69, 9.17) is 0 Å². The number of rotatable bonds is 9. The monoisotopic (exact) mass is 345 g/mol. The molecule has 0 saturated carbocycles. The van der Waals surface area contributed by atoms with E-state index in [9.17, 15) is 4.79 Å². The first-order valence-electron chi connectivity index (χ1n) is 9.90. The predicted molar refractivity (Wildman–Crippen MR) is 104 cm³/mol. The molecule has 1 fully saturated rings. The largest absolute Gasteiger partial charge is 0.352 e. The van der Waals surface area contributed by atoms with Gasteiger partial charge >= 0.3 is 0 Å². The molecule has 140 valence electrons. The van der Waals surface area contributed by atoms with Gasteiger partial charge in [0.15, 0.2) is 0 Å². The Morgan fingerprint density at radius 3 is 2.64 bits per heavy atom. The molecular weight excluding hydrogens is 310 g/mol. The number of carbonyl (C=O) groups excluding carboxylic acids is 1. The molecule has 0 aromatic heterocycles. The minimum absolute atomic E-state index is 0.177. The number of carbonyl (C=O) groups is 1. The fraction of sp³-hybridized carbons (Fsp3) is 0.667. The van der Waals surface area contributed by atoms with Gasteiger partial charge in [-0.2, -0.15) is 0 Å². The Labute approximate surface area is 153 Å². The highest BCUT2D eigenvalue weighted by Gasteiger charge is 2.22. The van der Waals surface area contributed by atoms with Crippen LogP contribution in [-0.2, 0) is 17.9 Å². The van der Waals surface area contributed by atoms with Gasteiger partial charge in [-0.3, -0.25) is 9.69 Å². The molecule has 2 rings (SSSR count). The normalized spacial score (nSPS) is 19.0. The van der Waals surface area contributed by atoms with Crippen molar-refractivity contribution in [3.63, 3.8) is 0 Å². The molecule has 2 unspecified atom stereocenters. The molecule has 0 bridgehead atoms. The molecule has 1 saturated heterocycles. The molecule has 2 N–H and O–H groups in total. The van der Waals surface area contributed by atoms with Crippen LogP contribution in [0.25, 0.3) is 0 Å². The number of amides is 1. The second-order valence-corrected chi connectivity index (χ2v) is 7.29. The van der Waals surface area contributed by atoms with E-state index in [1.807, 2.05) is 0 Å². The van der Waals surface area contributed by atoms with Gasteiger partial charge in [-0.1, -0.05) is 45.0 Å². The standard InChI is InChI=1S/C21H35N3O/c1-4-24(5-2)16-20-10-7-6-9-19(20)15-23-21(25)13-17(3)18-11-8-12-22-14-18/h6-7,9-10,17-18,22H,4-5,8,11-16H2,1-3H3,(H,23,25). The number of benzene rings is 1. The maximum Gasteiger partial charge on any atom is 0.220 e. The van der Waals surface area contributed by atoms with E-state index in [-0.39, 0.29) is 5.91 Å². The molecule has 2 atom stereocenters. The number of hydrogen-bond acceptors (Lipinski definition) is 3. The Bertz CT molecular complexity index is 522. The topological polar surface area (TPSA) is 44.4 Å². The highest BCUT2D eigenvalue weighted by Crippen LogP contribution is 2.22. The molecule has 4 nitrogen and oxygen atoms in total. The third kappa shape index (κ3) is 6.44. The van der Waals surface area contributed by atoms with Gasteiger partial charge in [0, 0.05) is 19.5 Å². The third-order valence-electron chi connectivity index (χ3n) is 5.53. The number of nitrogens with one attached hydrogen (secondary N) is 2. The lowest BCUT2D eigenvalue weighted by Gasteiger charge is -2.28. The lowest BCUT2D eigenvalue weighted by Crippen LogP contribution is -2.35. The first-order chi connectivity index (χ1) is 12.1. The Kier molecular flexibility index (Phi) is 8.42. The first kappa shape index (κ1) is 19.9. The molecule has 0 spiro atoms. The van der Waals surface area contributed by atoms with Crippen molar-refractivity contribution in [2.45, 2.75) is 53.1 Å². The summed E-state index contributed by atoms with van der Waals surface area (Å²) in [5.74, 6) is 1.25. The van der Waals surface area contributed by atoms with Gasteiger partial charge in [-0.25, -0.2) is 0 Å². The molecule has 0 radical (unpaired) electrons. The summed E-state index contributed by atoms with van der Waals surface area (Å²) in [6, 6.07) is 8.45. The Morgan fingerprint density at radius 1 is 1.28 bits per heavy atom. The summed E-state index contributed by atoms with van der Waals surface area (Å²) in [4.78, 5) is 14.8. The van der Waals surface area contributed by atoms with Crippen LogP contribution in [0.1, 0.15) is 51.2 Å². The van der Waals surface area contributed by atoms with E-state index in [1.54, 1.807) is 0 Å². The minimum Gasteiger partial charge on any atom is -0.352 e. The molecule has 1 amide bonds. The predicted octanol–water partition coefficient (Wildman–Crippen LogP) is 3.17. The number of hydrogen-bond donors (Lipinski definition) is 2. The van der Waals surface area contributed by atoms with Crippen LogP contribution in [0.4, 0.5) is 0 Å². The van der Waals surface area contributed by atoms with Crippen molar-refractivity contribution in [2.75, 3.05) is 26.2 Å². The van der Waals surface area contributed by atoms with Crippen molar-refractivity contribution in [1.82, 2.24) is 15.5 Å². The van der Waals surface area contributed by atoms with Crippen molar-refractivity contribution in [3.05, 3.63) is 35.4 Å². The first-order valence-corrected chi connectivity index (χ1v) is 9.90. The zero-order valence-electron chi connectivity index (χ0n) is 16.2. The van der Waals surface area contributed by atoms with Gasteiger partial charge in [0.1, 0.15) is 0 Å². The average molecular weight is 346 g/mol. The summed E-state index contributed by atoms with van der Waals surface area (Å²) >= 11 is 0. The lowest BCUT2D eigenvalue weighted by molar-refractivity contribution is -0.122. The fourth-order valence-corrected chi connectivity index (χ4v) is 3.66. The van der Waals surface area contributed by atoms with Crippen molar-refractivity contribution in [1.29, 1.82) is 0 Å². The molecular formula is C21H35N3O. The zero-order chi connectivity index (χ0) is 18.1. The van der Waals surface area contributed by atoms with Crippen LogP contribution in [0.5, 0.6) is 0 Å². The van der Waals surface area contributed by atoms with Gasteiger partial charge in [-0.05, 0) is 62.0 Å². The zero-order valence-corrected chi connectivity index (χ0v) is 16.2. The SMILES string of the molecule is CCN(CC)Cc1ccccc1CNC(=O)CC(C)C1CCCNC1. The van der Waals surface area contributed by atoms with Crippen LogP contribution >= 0.6 is 0 Å². The molecule has 1 aromatic carbocycles. The van der Waals surface area contributed by atoms with Crippen LogP contribution in [-0.4, -0.2) is 37.0 Å². The van der Waals surface area contributed by atoms with Crippen LogP contribution in [0.15, 0.2) is 24.3 Å². The summed E-state index contributed by atoms with van der Waals surface area (Å²) in [5, 5.41) is 6.59. The maximum absolute atomic E-state index is 12.4. The van der Waals surface area contributed by atoms with Crippen molar-refractivity contribution in [3.8, 4) is 0 Å². The smallest absolute Gasteiger partial charge is 0.220 e. The van der Waals surface area contributed by atoms with Crippen LogP contribution in [0.2, 0.25) is 0 Å².